The van der Waals surface area contributed by atoms with Crippen LogP contribution in [-0.4, -0.2) is 64.5 Å². The maximum absolute atomic E-state index is 13.1. The zero-order valence-corrected chi connectivity index (χ0v) is 31.6. The number of thioether (sulfide) groups is 1. The van der Waals surface area contributed by atoms with E-state index in [4.69, 9.17) is 16.3 Å². The molecule has 2 heterocycles. The van der Waals surface area contributed by atoms with Crippen LogP contribution in [0.15, 0.2) is 102 Å². The van der Waals surface area contributed by atoms with Gasteiger partial charge < -0.3 is 20.1 Å². The Bertz CT molecular complexity index is 1980. The Balaban J connectivity index is 0.923. The first-order valence-corrected chi connectivity index (χ1v) is 19.9. The first-order chi connectivity index (χ1) is 26.3. The third kappa shape index (κ3) is 9.72. The summed E-state index contributed by atoms with van der Waals surface area (Å²) in [7, 11) is 0. The SMILES string of the molecule is O=C(CCCCCSc1cccc2c1CN(C1CCC(=O)NC1=O)C2=O)NCCOc1ccc(/C(=C(/CCCl)c2ccccc2)c2ccc(O)cc2)cc1. The van der Waals surface area contributed by atoms with Crippen molar-refractivity contribution in [2.45, 2.75) is 62.4 Å². The molecule has 0 spiro atoms. The maximum Gasteiger partial charge on any atom is 0.255 e. The second-order valence-electron chi connectivity index (χ2n) is 13.3. The summed E-state index contributed by atoms with van der Waals surface area (Å²) in [5, 5.41) is 15.2. The highest BCUT2D eigenvalue weighted by atomic mass is 35.5. The predicted octanol–water partition coefficient (Wildman–Crippen LogP) is 7.59. The number of piperidine rings is 1. The summed E-state index contributed by atoms with van der Waals surface area (Å²) in [5.74, 6) is 1.34. The molecule has 6 rings (SSSR count). The van der Waals surface area contributed by atoms with E-state index in [2.05, 4.69) is 22.8 Å². The van der Waals surface area contributed by atoms with Gasteiger partial charge in [-0.25, -0.2) is 0 Å². The molecule has 4 aromatic rings. The Labute approximate surface area is 325 Å². The number of nitrogens with one attached hydrogen (secondary N) is 2. The van der Waals surface area contributed by atoms with Gasteiger partial charge in [-0.3, -0.25) is 24.5 Å². The molecule has 280 valence electrons. The topological polar surface area (TPSA) is 125 Å². The van der Waals surface area contributed by atoms with Gasteiger partial charge in [-0.15, -0.1) is 23.4 Å². The lowest BCUT2D eigenvalue weighted by atomic mass is 9.88. The van der Waals surface area contributed by atoms with Gasteiger partial charge in [0.1, 0.15) is 24.1 Å². The van der Waals surface area contributed by atoms with Gasteiger partial charge in [0.25, 0.3) is 5.91 Å². The Morgan fingerprint density at radius 3 is 2.33 bits per heavy atom. The van der Waals surface area contributed by atoms with Gasteiger partial charge in [-0.05, 0) is 101 Å². The van der Waals surface area contributed by atoms with Crippen molar-refractivity contribution in [2.75, 3.05) is 24.8 Å². The number of rotatable bonds is 17. The number of unbranched alkanes of at least 4 members (excludes halogenated alkanes) is 2. The molecular weight excluding hydrogens is 722 g/mol. The number of hydrogen-bond acceptors (Lipinski definition) is 7. The number of carbonyl (C=O) groups is 4. The van der Waals surface area contributed by atoms with Crippen LogP contribution >= 0.6 is 23.4 Å². The highest BCUT2D eigenvalue weighted by molar-refractivity contribution is 7.99. The average Bonchev–Trinajstić information content (AvgIpc) is 3.52. The van der Waals surface area contributed by atoms with E-state index in [0.29, 0.717) is 56.2 Å². The molecule has 4 aromatic carbocycles. The number of imide groups is 1. The lowest BCUT2D eigenvalue weighted by molar-refractivity contribution is -0.137. The number of carbonyl (C=O) groups excluding carboxylic acids is 4. The molecule has 1 saturated heterocycles. The van der Waals surface area contributed by atoms with Crippen LogP contribution in [0.5, 0.6) is 11.5 Å². The number of benzene rings is 4. The van der Waals surface area contributed by atoms with Crippen LogP contribution in [0.4, 0.5) is 0 Å². The average molecular weight is 766 g/mol. The molecule has 3 N–H and O–H groups in total. The van der Waals surface area contributed by atoms with Crippen LogP contribution < -0.4 is 15.4 Å². The second kappa shape index (κ2) is 18.8. The monoisotopic (exact) mass is 765 g/mol. The van der Waals surface area contributed by atoms with Gasteiger partial charge in [-0.1, -0.05) is 67.1 Å². The number of amides is 4. The molecule has 54 heavy (non-hydrogen) atoms. The number of nitrogens with zero attached hydrogens (tertiary/aromatic N) is 1. The van der Waals surface area contributed by atoms with Crippen molar-refractivity contribution in [3.63, 3.8) is 0 Å². The smallest absolute Gasteiger partial charge is 0.255 e. The Hall–Kier alpha value is -5.06. The Morgan fingerprint density at radius 1 is 0.870 bits per heavy atom. The van der Waals surface area contributed by atoms with E-state index in [1.54, 1.807) is 34.9 Å². The Kier molecular flexibility index (Phi) is 13.5. The molecule has 11 heteroatoms. The fourth-order valence-corrected chi connectivity index (χ4v) is 8.18. The number of hydrogen-bond donors (Lipinski definition) is 3. The number of alkyl halides is 1. The van der Waals surface area contributed by atoms with Crippen LogP contribution in [0.2, 0.25) is 0 Å². The molecule has 1 atom stereocenters. The number of aromatic hydroxyl groups is 1. The predicted molar refractivity (Wildman–Crippen MR) is 212 cm³/mol. The normalized spacial score (nSPS) is 15.8. The first-order valence-electron chi connectivity index (χ1n) is 18.4. The minimum Gasteiger partial charge on any atom is -0.508 e. The largest absolute Gasteiger partial charge is 0.508 e. The summed E-state index contributed by atoms with van der Waals surface area (Å²) in [5.41, 5.74) is 6.78. The van der Waals surface area contributed by atoms with Gasteiger partial charge in [0, 0.05) is 35.7 Å². The summed E-state index contributed by atoms with van der Waals surface area (Å²) in [6, 6.07) is 30.3. The fraction of sp³-hybridized carbons (Fsp3) is 0.302. The summed E-state index contributed by atoms with van der Waals surface area (Å²) >= 11 is 7.96. The van der Waals surface area contributed by atoms with E-state index in [-0.39, 0.29) is 29.9 Å². The fourth-order valence-electron chi connectivity index (χ4n) is 6.90. The Morgan fingerprint density at radius 2 is 1.61 bits per heavy atom. The van der Waals surface area contributed by atoms with Gasteiger partial charge in [0.15, 0.2) is 0 Å². The number of phenols is 1. The van der Waals surface area contributed by atoms with E-state index in [1.165, 1.54) is 0 Å². The third-order valence-corrected chi connectivity index (χ3v) is 11.0. The minimum atomic E-state index is -0.625. The van der Waals surface area contributed by atoms with Crippen molar-refractivity contribution in [1.29, 1.82) is 0 Å². The summed E-state index contributed by atoms with van der Waals surface area (Å²) < 4.78 is 5.95. The van der Waals surface area contributed by atoms with E-state index >= 15 is 0 Å². The molecule has 0 aromatic heterocycles. The molecule has 0 saturated carbocycles. The number of phenolic OH excluding ortho intramolecular Hbond substituents is 1. The van der Waals surface area contributed by atoms with Crippen LogP contribution in [-0.2, 0) is 20.9 Å². The lowest BCUT2D eigenvalue weighted by Gasteiger charge is -2.29. The van der Waals surface area contributed by atoms with Gasteiger partial charge in [0.2, 0.25) is 17.7 Å². The summed E-state index contributed by atoms with van der Waals surface area (Å²) in [6.45, 7) is 1.11. The molecule has 2 aliphatic rings. The highest BCUT2D eigenvalue weighted by Gasteiger charge is 2.39. The number of ether oxygens (including phenoxy) is 1. The quantitative estimate of drug-likeness (QED) is 0.0333. The van der Waals surface area contributed by atoms with Crippen molar-refractivity contribution in [2.24, 2.45) is 0 Å². The molecule has 2 aliphatic heterocycles. The molecule has 1 unspecified atom stereocenters. The van der Waals surface area contributed by atoms with Gasteiger partial charge >= 0.3 is 0 Å². The van der Waals surface area contributed by atoms with Crippen LogP contribution in [0.1, 0.15) is 77.6 Å². The zero-order valence-electron chi connectivity index (χ0n) is 30.0. The van der Waals surface area contributed by atoms with Crippen molar-refractivity contribution < 1.29 is 29.0 Å². The van der Waals surface area contributed by atoms with Gasteiger partial charge in [0.05, 0.1) is 6.54 Å². The second-order valence-corrected chi connectivity index (χ2v) is 14.8. The number of halogens is 1. The van der Waals surface area contributed by atoms with Crippen LogP contribution in [0.25, 0.3) is 11.1 Å². The molecule has 0 aliphatic carbocycles. The molecule has 1 fully saturated rings. The van der Waals surface area contributed by atoms with Crippen molar-refractivity contribution in [3.05, 3.63) is 125 Å². The van der Waals surface area contributed by atoms with Crippen LogP contribution in [0.3, 0.4) is 0 Å². The standard InChI is InChI=1S/C43H44ClN3O6S/c44-24-23-34(29-8-3-1-4-9-29)41(30-13-17-32(48)18-14-30)31-15-19-33(20-16-31)53-26-25-45-39(49)12-5-2-6-27-54-38-11-7-10-35-36(38)28-47(43(35)52)37-21-22-40(50)46-42(37)51/h1,3-4,7-11,13-20,37,48H,2,5-6,12,21-28H2,(H,45,49)(H,46,50,51)/b41-34-. The summed E-state index contributed by atoms with van der Waals surface area (Å²) in [4.78, 5) is 52.2. The highest BCUT2D eigenvalue weighted by Crippen LogP contribution is 2.37. The van der Waals surface area contributed by atoms with E-state index in [1.807, 2.05) is 66.7 Å². The van der Waals surface area contributed by atoms with E-state index in [0.717, 1.165) is 63.3 Å². The van der Waals surface area contributed by atoms with Crippen molar-refractivity contribution in [3.8, 4) is 11.5 Å². The molecule has 0 bridgehead atoms. The lowest BCUT2D eigenvalue weighted by Crippen LogP contribution is -2.52. The first kappa shape index (κ1) is 38.7. The number of fused-ring (bicyclic) bond motifs is 1. The molecular formula is C43H44ClN3O6S. The third-order valence-electron chi connectivity index (χ3n) is 9.61. The van der Waals surface area contributed by atoms with Gasteiger partial charge in [-0.2, -0.15) is 0 Å². The minimum absolute atomic E-state index is 0.00839. The maximum atomic E-state index is 13.1. The number of allylic oxidation sites excluding steroid dienone is 1. The van der Waals surface area contributed by atoms with E-state index < -0.39 is 11.9 Å². The van der Waals surface area contributed by atoms with Crippen molar-refractivity contribution in [1.82, 2.24) is 15.5 Å². The van der Waals surface area contributed by atoms with Crippen LogP contribution in [0, 0.1) is 0 Å². The molecule has 9 nitrogen and oxygen atoms in total. The zero-order chi connectivity index (χ0) is 37.9. The summed E-state index contributed by atoms with van der Waals surface area (Å²) in [6.07, 6.45) is 4.28. The molecule has 4 amide bonds. The van der Waals surface area contributed by atoms with E-state index in [9.17, 15) is 24.3 Å². The molecule has 0 radical (unpaired) electrons. The van der Waals surface area contributed by atoms with Crippen molar-refractivity contribution >= 4 is 58.1 Å².